The second kappa shape index (κ2) is 2.70. The van der Waals surface area contributed by atoms with E-state index in [2.05, 4.69) is 0 Å². The van der Waals surface area contributed by atoms with E-state index in [1.165, 1.54) is 0 Å². The number of alkyl halides is 1. The highest BCUT2D eigenvalue weighted by Gasteiger charge is 2.38. The monoisotopic (exact) mass is 164 g/mol. The third-order valence-corrected chi connectivity index (χ3v) is 2.21. The van der Waals surface area contributed by atoms with Crippen molar-refractivity contribution in [3.8, 4) is 0 Å². The smallest absolute Gasteiger partial charge is 0.150 e. The maximum atomic E-state index is 12.6. The molecule has 1 fully saturated rings. The molecule has 62 valence electrons. The minimum atomic E-state index is -0.660. The van der Waals surface area contributed by atoms with Gasteiger partial charge in [0.05, 0.1) is 0 Å². The number of hydrogen-bond donors (Lipinski definition) is 0. The van der Waals surface area contributed by atoms with E-state index in [-0.39, 0.29) is 5.92 Å². The second-order valence-corrected chi connectivity index (χ2v) is 3.14. The molecule has 0 amide bonds. The fourth-order valence-corrected chi connectivity index (χ4v) is 1.33. The predicted octanol–water partition coefficient (Wildman–Crippen LogP) is 2.32. The molecule has 12 heavy (non-hydrogen) atoms. The molecule has 0 radical (unpaired) electrons. The van der Waals surface area contributed by atoms with E-state index < -0.39 is 6.17 Å². The number of carbonyl (C=O) groups excluding carboxylic acids is 1. The summed E-state index contributed by atoms with van der Waals surface area (Å²) >= 11 is 0. The zero-order chi connectivity index (χ0) is 8.55. The highest BCUT2D eigenvalue weighted by molar-refractivity contribution is 5.74. The number of carbonyl (C=O) groups is 1. The summed E-state index contributed by atoms with van der Waals surface area (Å²) in [4.78, 5) is 10.3. The van der Waals surface area contributed by atoms with Crippen LogP contribution >= 0.6 is 0 Å². The molecule has 0 aliphatic heterocycles. The minimum absolute atomic E-state index is 0.0886. The Morgan fingerprint density at radius 1 is 1.33 bits per heavy atom. The molecule has 0 aromatic heterocycles. The Bertz CT molecular complexity index is 291. The molecule has 0 saturated heterocycles. The van der Waals surface area contributed by atoms with Gasteiger partial charge < -0.3 is 0 Å². The van der Waals surface area contributed by atoms with Crippen LogP contribution in [0.1, 0.15) is 28.3 Å². The van der Waals surface area contributed by atoms with E-state index >= 15 is 0 Å². The van der Waals surface area contributed by atoms with Crippen molar-refractivity contribution in [2.45, 2.75) is 18.5 Å². The fraction of sp³-hybridized carbons (Fsp3) is 0.300. The number of rotatable bonds is 2. The van der Waals surface area contributed by atoms with E-state index in [1.54, 1.807) is 12.1 Å². The van der Waals surface area contributed by atoms with Crippen LogP contribution in [-0.2, 0) is 0 Å². The Morgan fingerprint density at radius 3 is 2.33 bits per heavy atom. The number of halogens is 1. The van der Waals surface area contributed by atoms with Gasteiger partial charge in [-0.05, 0) is 12.0 Å². The van der Waals surface area contributed by atoms with Gasteiger partial charge in [0.1, 0.15) is 12.5 Å². The Morgan fingerprint density at radius 2 is 1.92 bits per heavy atom. The predicted molar refractivity (Wildman–Crippen MR) is 44.1 cm³/mol. The maximum Gasteiger partial charge on any atom is 0.150 e. The molecule has 0 N–H and O–H groups in total. The van der Waals surface area contributed by atoms with Crippen molar-refractivity contribution in [3.05, 3.63) is 35.4 Å². The van der Waals surface area contributed by atoms with Gasteiger partial charge >= 0.3 is 0 Å². The van der Waals surface area contributed by atoms with Crippen LogP contribution in [0.5, 0.6) is 0 Å². The average Bonchev–Trinajstić information content (AvgIpc) is 2.83. The highest BCUT2D eigenvalue weighted by atomic mass is 19.1. The summed E-state index contributed by atoms with van der Waals surface area (Å²) in [5.74, 6) is 0.0886. The Kier molecular flexibility index (Phi) is 1.68. The Balaban J connectivity index is 2.19. The first-order chi connectivity index (χ1) is 5.81. The van der Waals surface area contributed by atoms with Crippen molar-refractivity contribution in [2.75, 3.05) is 0 Å². The van der Waals surface area contributed by atoms with Gasteiger partial charge in [-0.1, -0.05) is 24.3 Å². The van der Waals surface area contributed by atoms with E-state index in [0.717, 1.165) is 11.8 Å². The third-order valence-electron chi connectivity index (χ3n) is 2.21. The molecule has 0 bridgehead atoms. The summed E-state index contributed by atoms with van der Waals surface area (Å²) in [6.45, 7) is 0. The molecular weight excluding hydrogens is 155 g/mol. The lowest BCUT2D eigenvalue weighted by atomic mass is 10.1. The average molecular weight is 164 g/mol. The van der Waals surface area contributed by atoms with Gasteiger partial charge in [0.25, 0.3) is 0 Å². The van der Waals surface area contributed by atoms with Crippen LogP contribution in [0.2, 0.25) is 0 Å². The van der Waals surface area contributed by atoms with E-state index in [4.69, 9.17) is 0 Å². The van der Waals surface area contributed by atoms with Crippen molar-refractivity contribution in [3.63, 3.8) is 0 Å². The van der Waals surface area contributed by atoms with Gasteiger partial charge in [0.15, 0.2) is 0 Å². The third kappa shape index (κ3) is 1.24. The fourth-order valence-electron chi connectivity index (χ4n) is 1.33. The van der Waals surface area contributed by atoms with Gasteiger partial charge in [0.2, 0.25) is 0 Å². The molecule has 2 heteroatoms. The zero-order valence-electron chi connectivity index (χ0n) is 6.53. The standard InChI is InChI=1S/C10H9FO/c11-10-5-9(10)8-3-1-7(6-12)2-4-8/h1-4,6,9-10H,5H2. The second-order valence-electron chi connectivity index (χ2n) is 3.14. The molecule has 0 spiro atoms. The SMILES string of the molecule is O=Cc1ccc(C2CC2F)cc1. The molecular formula is C10H9FO. The molecule has 0 heterocycles. The van der Waals surface area contributed by atoms with Gasteiger partial charge in [0, 0.05) is 11.5 Å². The van der Waals surface area contributed by atoms with Crippen LogP contribution in [0.15, 0.2) is 24.3 Å². The summed E-state index contributed by atoms with van der Waals surface area (Å²) in [6, 6.07) is 7.11. The van der Waals surface area contributed by atoms with Crippen molar-refractivity contribution in [1.29, 1.82) is 0 Å². The number of hydrogen-bond acceptors (Lipinski definition) is 1. The Labute approximate surface area is 70.2 Å². The lowest BCUT2D eigenvalue weighted by Gasteiger charge is -1.96. The molecule has 1 nitrogen and oxygen atoms in total. The highest BCUT2D eigenvalue weighted by Crippen LogP contribution is 2.43. The van der Waals surface area contributed by atoms with Crippen molar-refractivity contribution in [2.24, 2.45) is 0 Å². The van der Waals surface area contributed by atoms with Gasteiger partial charge in [-0.2, -0.15) is 0 Å². The first-order valence-corrected chi connectivity index (χ1v) is 4.00. The maximum absolute atomic E-state index is 12.6. The van der Waals surface area contributed by atoms with Crippen LogP contribution in [0.25, 0.3) is 0 Å². The lowest BCUT2D eigenvalue weighted by molar-refractivity contribution is 0.112. The summed E-state index contributed by atoms with van der Waals surface area (Å²) in [6.07, 6.45) is 0.774. The van der Waals surface area contributed by atoms with Crippen LogP contribution in [0.3, 0.4) is 0 Å². The molecule has 1 aliphatic carbocycles. The van der Waals surface area contributed by atoms with Gasteiger partial charge in [-0.15, -0.1) is 0 Å². The first-order valence-electron chi connectivity index (χ1n) is 4.00. The Hall–Kier alpha value is -1.18. The van der Waals surface area contributed by atoms with Crippen molar-refractivity contribution >= 4 is 6.29 Å². The van der Waals surface area contributed by atoms with Crippen LogP contribution in [0, 0.1) is 0 Å². The van der Waals surface area contributed by atoms with Gasteiger partial charge in [-0.25, -0.2) is 4.39 Å². The summed E-state index contributed by atoms with van der Waals surface area (Å²) in [5, 5.41) is 0. The van der Waals surface area contributed by atoms with Crippen LogP contribution in [0.4, 0.5) is 4.39 Å². The molecule has 1 aromatic rings. The van der Waals surface area contributed by atoms with Crippen molar-refractivity contribution < 1.29 is 9.18 Å². The molecule has 2 unspecified atom stereocenters. The topological polar surface area (TPSA) is 17.1 Å². The molecule has 1 saturated carbocycles. The summed E-state index contributed by atoms with van der Waals surface area (Å²) in [5.41, 5.74) is 1.66. The molecule has 1 aromatic carbocycles. The normalized spacial score (nSPS) is 26.8. The van der Waals surface area contributed by atoms with E-state index in [9.17, 15) is 9.18 Å². The largest absolute Gasteiger partial charge is 0.298 e. The lowest BCUT2D eigenvalue weighted by Crippen LogP contribution is -1.84. The van der Waals surface area contributed by atoms with Crippen LogP contribution < -0.4 is 0 Å². The minimum Gasteiger partial charge on any atom is -0.298 e. The molecule has 2 rings (SSSR count). The quantitative estimate of drug-likeness (QED) is 0.613. The van der Waals surface area contributed by atoms with Crippen LogP contribution in [-0.4, -0.2) is 12.5 Å². The van der Waals surface area contributed by atoms with Crippen molar-refractivity contribution in [1.82, 2.24) is 0 Å². The number of aldehydes is 1. The number of benzene rings is 1. The molecule has 2 atom stereocenters. The molecule has 1 aliphatic rings. The van der Waals surface area contributed by atoms with E-state index in [1.807, 2.05) is 12.1 Å². The zero-order valence-corrected chi connectivity index (χ0v) is 6.53. The summed E-state index contributed by atoms with van der Waals surface area (Å²) in [7, 11) is 0. The first kappa shape index (κ1) is 7.47. The van der Waals surface area contributed by atoms with Gasteiger partial charge in [-0.3, -0.25) is 4.79 Å². The summed E-state index contributed by atoms with van der Waals surface area (Å²) < 4.78 is 12.6. The van der Waals surface area contributed by atoms with E-state index in [0.29, 0.717) is 12.0 Å².